The third-order valence-electron chi connectivity index (χ3n) is 6.87. The van der Waals surface area contributed by atoms with E-state index in [0.29, 0.717) is 22.8 Å². The predicted octanol–water partition coefficient (Wildman–Crippen LogP) is 5.69. The lowest BCUT2D eigenvalue weighted by molar-refractivity contribution is 0.292. The summed E-state index contributed by atoms with van der Waals surface area (Å²) in [5, 5.41) is 7.35. The highest BCUT2D eigenvalue weighted by atomic mass is 35.5. The molecule has 2 N–H and O–H groups in total. The van der Waals surface area contributed by atoms with Crippen LogP contribution >= 0.6 is 23.8 Å². The number of aromatic nitrogens is 2. The summed E-state index contributed by atoms with van der Waals surface area (Å²) in [6, 6.07) is 8.72. The van der Waals surface area contributed by atoms with Gasteiger partial charge in [-0.3, -0.25) is 0 Å². The molecule has 8 heteroatoms. The minimum absolute atomic E-state index is 0.0530. The lowest BCUT2D eigenvalue weighted by Gasteiger charge is -2.38. The second-order valence-electron chi connectivity index (χ2n) is 9.20. The predicted molar refractivity (Wildman–Crippen MR) is 133 cm³/mol. The van der Waals surface area contributed by atoms with Crippen molar-refractivity contribution in [2.24, 2.45) is 5.92 Å². The average molecular weight is 476 g/mol. The van der Waals surface area contributed by atoms with Gasteiger partial charge in [0, 0.05) is 31.1 Å². The van der Waals surface area contributed by atoms with Gasteiger partial charge in [0.25, 0.3) is 0 Å². The molecule has 5 nitrogen and oxygen atoms in total. The monoisotopic (exact) mass is 475 g/mol. The highest BCUT2D eigenvalue weighted by molar-refractivity contribution is 7.80. The van der Waals surface area contributed by atoms with Crippen molar-refractivity contribution in [1.29, 1.82) is 0 Å². The Bertz CT molecular complexity index is 924. The summed E-state index contributed by atoms with van der Waals surface area (Å²) < 4.78 is 13.5. The number of hydrogen-bond donors (Lipinski definition) is 2. The van der Waals surface area contributed by atoms with Crippen molar-refractivity contribution in [1.82, 2.24) is 15.3 Å². The van der Waals surface area contributed by atoms with Crippen molar-refractivity contribution >= 4 is 40.7 Å². The molecule has 1 saturated heterocycles. The van der Waals surface area contributed by atoms with E-state index in [-0.39, 0.29) is 11.2 Å². The van der Waals surface area contributed by atoms with Gasteiger partial charge >= 0.3 is 0 Å². The molecular weight excluding hydrogens is 445 g/mol. The molecule has 1 aromatic heterocycles. The number of nitrogens with zero attached hydrogens (tertiary/aromatic N) is 3. The number of benzene rings is 1. The highest BCUT2D eigenvalue weighted by Gasteiger charge is 2.34. The fourth-order valence-corrected chi connectivity index (χ4v) is 5.20. The Morgan fingerprint density at radius 1 is 1.16 bits per heavy atom. The molecule has 172 valence electrons. The van der Waals surface area contributed by atoms with Gasteiger partial charge in [-0.15, -0.1) is 0 Å². The lowest BCUT2D eigenvalue weighted by atomic mass is 9.69. The number of halogens is 2. The molecule has 2 heterocycles. The van der Waals surface area contributed by atoms with Crippen molar-refractivity contribution in [2.75, 3.05) is 29.9 Å². The number of rotatable bonds is 5. The first-order valence-corrected chi connectivity index (χ1v) is 12.3. The van der Waals surface area contributed by atoms with Gasteiger partial charge in [0.05, 0.1) is 0 Å². The molecule has 1 aliphatic carbocycles. The molecule has 0 bridgehead atoms. The van der Waals surface area contributed by atoms with Crippen LogP contribution in [0.1, 0.15) is 57.4 Å². The summed E-state index contributed by atoms with van der Waals surface area (Å²) in [6.07, 6.45) is 7.97. The number of anilines is 2. The summed E-state index contributed by atoms with van der Waals surface area (Å²) in [4.78, 5) is 11.2. The summed E-state index contributed by atoms with van der Waals surface area (Å²) in [7, 11) is 0. The van der Waals surface area contributed by atoms with E-state index in [9.17, 15) is 4.39 Å². The fraction of sp³-hybridized carbons (Fsp3) is 0.542. The molecule has 4 rings (SSSR count). The molecule has 2 aromatic rings. The van der Waals surface area contributed by atoms with Crippen molar-refractivity contribution in [2.45, 2.75) is 57.3 Å². The van der Waals surface area contributed by atoms with Crippen LogP contribution in [0.25, 0.3) is 0 Å². The van der Waals surface area contributed by atoms with Gasteiger partial charge in [-0.25, -0.2) is 9.37 Å². The van der Waals surface area contributed by atoms with E-state index in [1.165, 1.54) is 6.42 Å². The fourth-order valence-electron chi connectivity index (χ4n) is 4.86. The molecule has 2 aliphatic rings. The van der Waals surface area contributed by atoms with Gasteiger partial charge in [-0.1, -0.05) is 49.9 Å². The van der Waals surface area contributed by atoms with E-state index in [0.717, 1.165) is 68.9 Å². The SMILES string of the molecule is CC1CCN(c2cc(Cl)nc(NC(=S)NCC3(c4ccc(F)cc4)CCCCC3)n2)CC1. The zero-order chi connectivity index (χ0) is 22.6. The van der Waals surface area contributed by atoms with Crippen molar-refractivity contribution < 1.29 is 4.39 Å². The first-order valence-electron chi connectivity index (χ1n) is 11.5. The Hall–Kier alpha value is -1.99. The quantitative estimate of drug-likeness (QED) is 0.427. The van der Waals surface area contributed by atoms with E-state index in [1.54, 1.807) is 12.1 Å². The number of hydrogen-bond acceptors (Lipinski definition) is 4. The Balaban J connectivity index is 1.42. The molecule has 0 unspecified atom stereocenters. The molecule has 1 saturated carbocycles. The first kappa shape index (κ1) is 23.2. The van der Waals surface area contributed by atoms with Crippen LogP contribution in [0.3, 0.4) is 0 Å². The van der Waals surface area contributed by atoms with Crippen LogP contribution in [0.15, 0.2) is 30.3 Å². The van der Waals surface area contributed by atoms with Crippen LogP contribution in [0.4, 0.5) is 16.2 Å². The highest BCUT2D eigenvalue weighted by Crippen LogP contribution is 2.39. The average Bonchev–Trinajstić information content (AvgIpc) is 2.79. The van der Waals surface area contributed by atoms with E-state index in [4.69, 9.17) is 23.8 Å². The van der Waals surface area contributed by atoms with E-state index >= 15 is 0 Å². The Labute approximate surface area is 200 Å². The maximum absolute atomic E-state index is 13.5. The van der Waals surface area contributed by atoms with Crippen LogP contribution < -0.4 is 15.5 Å². The summed E-state index contributed by atoms with van der Waals surface area (Å²) in [5.74, 6) is 1.77. The zero-order valence-corrected chi connectivity index (χ0v) is 20.1. The van der Waals surface area contributed by atoms with Gasteiger partial charge < -0.3 is 15.5 Å². The van der Waals surface area contributed by atoms with E-state index in [2.05, 4.69) is 32.4 Å². The van der Waals surface area contributed by atoms with Crippen LogP contribution in [-0.4, -0.2) is 34.7 Å². The molecule has 0 atom stereocenters. The minimum atomic E-state index is -0.207. The zero-order valence-electron chi connectivity index (χ0n) is 18.5. The van der Waals surface area contributed by atoms with Gasteiger partial charge in [0.1, 0.15) is 16.8 Å². The maximum atomic E-state index is 13.5. The third kappa shape index (κ3) is 5.67. The minimum Gasteiger partial charge on any atom is -0.361 e. The molecule has 0 amide bonds. The van der Waals surface area contributed by atoms with E-state index < -0.39 is 0 Å². The molecule has 32 heavy (non-hydrogen) atoms. The topological polar surface area (TPSA) is 53.1 Å². The maximum Gasteiger partial charge on any atom is 0.232 e. The second kappa shape index (κ2) is 10.3. The van der Waals surface area contributed by atoms with Gasteiger partial charge in [0.2, 0.25) is 5.95 Å². The summed E-state index contributed by atoms with van der Waals surface area (Å²) >= 11 is 11.8. The smallest absolute Gasteiger partial charge is 0.232 e. The van der Waals surface area contributed by atoms with Crippen LogP contribution in [-0.2, 0) is 5.41 Å². The molecule has 0 spiro atoms. The van der Waals surface area contributed by atoms with Crippen LogP contribution in [0, 0.1) is 11.7 Å². The van der Waals surface area contributed by atoms with Gasteiger partial charge in [-0.05, 0) is 61.5 Å². The van der Waals surface area contributed by atoms with Crippen molar-refractivity contribution in [3.05, 3.63) is 46.9 Å². The summed E-state index contributed by atoms with van der Waals surface area (Å²) in [5.41, 5.74) is 1.11. The summed E-state index contributed by atoms with van der Waals surface area (Å²) in [6.45, 7) is 4.90. The van der Waals surface area contributed by atoms with Gasteiger partial charge in [-0.2, -0.15) is 4.98 Å². The largest absolute Gasteiger partial charge is 0.361 e. The number of piperidine rings is 1. The molecule has 0 radical (unpaired) electrons. The Kier molecular flexibility index (Phi) is 7.46. The Morgan fingerprint density at radius 2 is 1.84 bits per heavy atom. The van der Waals surface area contributed by atoms with Gasteiger partial charge in [0.15, 0.2) is 5.11 Å². The lowest BCUT2D eigenvalue weighted by Crippen LogP contribution is -2.43. The number of nitrogens with one attached hydrogen (secondary N) is 2. The van der Waals surface area contributed by atoms with Crippen LogP contribution in [0.2, 0.25) is 5.15 Å². The third-order valence-corrected chi connectivity index (χ3v) is 7.31. The normalized spacial score (nSPS) is 18.9. The standard InChI is InChI=1S/C24H31ClFN5S/c1-17-9-13-31(14-10-17)21-15-20(25)28-22(29-21)30-23(32)27-16-24(11-3-2-4-12-24)18-5-7-19(26)8-6-18/h5-8,15,17H,2-4,9-14,16H2,1H3,(H2,27,28,29,30,32). The molecular formula is C24H31ClFN5S. The van der Waals surface area contributed by atoms with Crippen molar-refractivity contribution in [3.8, 4) is 0 Å². The van der Waals surface area contributed by atoms with Crippen molar-refractivity contribution in [3.63, 3.8) is 0 Å². The van der Waals surface area contributed by atoms with Crippen LogP contribution in [0.5, 0.6) is 0 Å². The first-order chi connectivity index (χ1) is 15.4. The van der Waals surface area contributed by atoms with E-state index in [1.807, 2.05) is 18.2 Å². The Morgan fingerprint density at radius 3 is 2.53 bits per heavy atom. The molecule has 1 aromatic carbocycles. The second-order valence-corrected chi connectivity index (χ2v) is 9.99. The molecule has 2 fully saturated rings. The number of thiocarbonyl (C=S) groups is 1. The molecule has 1 aliphatic heterocycles.